The lowest BCUT2D eigenvalue weighted by Crippen LogP contribution is -2.41. The Kier molecular flexibility index (Phi) is 5.21. The molecule has 0 bridgehead atoms. The number of benzene rings is 1. The SMILES string of the molecule is Cc1ccc(S(=O)(=O)NC(CO)C(C)C)cc1[N+](=O)[O-]. The van der Waals surface area contributed by atoms with Crippen molar-refractivity contribution in [3.05, 3.63) is 33.9 Å². The normalized spacial score (nSPS) is 13.4. The van der Waals surface area contributed by atoms with Gasteiger partial charge in [0.25, 0.3) is 5.69 Å². The van der Waals surface area contributed by atoms with Crippen LogP contribution in [0.4, 0.5) is 5.69 Å². The number of nitrogens with zero attached hydrogens (tertiary/aromatic N) is 1. The van der Waals surface area contributed by atoms with Crippen molar-refractivity contribution < 1.29 is 18.4 Å². The number of aryl methyl sites for hydroxylation is 1. The third kappa shape index (κ3) is 3.75. The van der Waals surface area contributed by atoms with Crippen LogP contribution < -0.4 is 4.72 Å². The van der Waals surface area contributed by atoms with Crippen LogP contribution in [0.3, 0.4) is 0 Å². The molecule has 0 radical (unpaired) electrons. The second kappa shape index (κ2) is 6.29. The predicted molar refractivity (Wildman–Crippen MR) is 73.9 cm³/mol. The Bertz CT molecular complexity index is 598. The molecule has 0 heterocycles. The van der Waals surface area contributed by atoms with Crippen molar-refractivity contribution in [2.24, 2.45) is 5.92 Å². The van der Waals surface area contributed by atoms with Crippen LogP contribution in [0.15, 0.2) is 23.1 Å². The maximum Gasteiger partial charge on any atom is 0.273 e. The molecule has 1 aromatic rings. The molecule has 0 aliphatic rings. The van der Waals surface area contributed by atoms with Crippen molar-refractivity contribution in [3.8, 4) is 0 Å². The molecule has 0 amide bonds. The van der Waals surface area contributed by atoms with E-state index in [1.807, 2.05) is 0 Å². The van der Waals surface area contributed by atoms with Gasteiger partial charge in [0.15, 0.2) is 0 Å². The van der Waals surface area contributed by atoms with E-state index >= 15 is 0 Å². The average Bonchev–Trinajstić information content (AvgIpc) is 2.35. The number of nitrogens with one attached hydrogen (secondary N) is 1. The summed E-state index contributed by atoms with van der Waals surface area (Å²) in [6.07, 6.45) is 0. The summed E-state index contributed by atoms with van der Waals surface area (Å²) in [4.78, 5) is 10.0. The average molecular weight is 302 g/mol. The van der Waals surface area contributed by atoms with Crippen LogP contribution in [0.2, 0.25) is 0 Å². The lowest BCUT2D eigenvalue weighted by Gasteiger charge is -2.19. The molecule has 8 heteroatoms. The Morgan fingerprint density at radius 2 is 2.00 bits per heavy atom. The molecule has 2 N–H and O–H groups in total. The summed E-state index contributed by atoms with van der Waals surface area (Å²) < 4.78 is 26.6. The largest absolute Gasteiger partial charge is 0.395 e. The smallest absolute Gasteiger partial charge is 0.273 e. The second-order valence-electron chi connectivity index (χ2n) is 4.86. The van der Waals surface area contributed by atoms with E-state index in [9.17, 15) is 18.5 Å². The molecule has 0 saturated carbocycles. The van der Waals surface area contributed by atoms with Crippen LogP contribution in [0.1, 0.15) is 19.4 Å². The van der Waals surface area contributed by atoms with E-state index < -0.39 is 21.0 Å². The van der Waals surface area contributed by atoms with E-state index in [1.165, 1.54) is 19.1 Å². The molecular formula is C12H18N2O5S. The van der Waals surface area contributed by atoms with Gasteiger partial charge in [-0.15, -0.1) is 0 Å². The summed E-state index contributed by atoms with van der Waals surface area (Å²) in [5.74, 6) is -0.102. The highest BCUT2D eigenvalue weighted by atomic mass is 32.2. The van der Waals surface area contributed by atoms with Gasteiger partial charge in [-0.1, -0.05) is 19.9 Å². The van der Waals surface area contributed by atoms with Crippen LogP contribution in [-0.4, -0.2) is 31.1 Å². The molecule has 1 unspecified atom stereocenters. The Morgan fingerprint density at radius 1 is 1.40 bits per heavy atom. The summed E-state index contributed by atoms with van der Waals surface area (Å²) in [7, 11) is -3.90. The molecule has 1 atom stereocenters. The first-order valence-corrected chi connectivity index (χ1v) is 7.55. The van der Waals surface area contributed by atoms with Crippen LogP contribution in [0.25, 0.3) is 0 Å². The second-order valence-corrected chi connectivity index (χ2v) is 6.57. The lowest BCUT2D eigenvalue weighted by molar-refractivity contribution is -0.385. The zero-order valence-corrected chi connectivity index (χ0v) is 12.3. The molecule has 112 valence electrons. The van der Waals surface area contributed by atoms with Crippen LogP contribution in [0, 0.1) is 23.0 Å². The Morgan fingerprint density at radius 3 is 2.45 bits per heavy atom. The first kappa shape index (κ1) is 16.5. The van der Waals surface area contributed by atoms with E-state index in [4.69, 9.17) is 5.11 Å². The molecule has 20 heavy (non-hydrogen) atoms. The minimum atomic E-state index is -3.90. The molecular weight excluding hydrogens is 284 g/mol. The van der Waals surface area contributed by atoms with Gasteiger partial charge in [-0.3, -0.25) is 10.1 Å². The Labute approximate surface area is 117 Å². The van der Waals surface area contributed by atoms with Crippen LogP contribution >= 0.6 is 0 Å². The summed E-state index contributed by atoms with van der Waals surface area (Å²) in [6, 6.07) is 3.07. The fourth-order valence-corrected chi connectivity index (χ4v) is 3.00. The van der Waals surface area contributed by atoms with E-state index in [2.05, 4.69) is 4.72 Å². The number of hydrogen-bond donors (Lipinski definition) is 2. The first-order chi connectivity index (χ1) is 9.19. The molecule has 1 aromatic carbocycles. The van der Waals surface area contributed by atoms with E-state index in [0.717, 1.165) is 6.07 Å². The van der Waals surface area contributed by atoms with Gasteiger partial charge in [0.05, 0.1) is 16.4 Å². The third-order valence-corrected chi connectivity index (χ3v) is 4.48. The molecule has 0 aliphatic carbocycles. The van der Waals surface area contributed by atoms with E-state index in [1.54, 1.807) is 13.8 Å². The van der Waals surface area contributed by atoms with Crippen molar-refractivity contribution in [2.75, 3.05) is 6.61 Å². The Hall–Kier alpha value is -1.51. The molecule has 0 fully saturated rings. The number of sulfonamides is 1. The van der Waals surface area contributed by atoms with Crippen molar-refractivity contribution >= 4 is 15.7 Å². The maximum absolute atomic E-state index is 12.1. The van der Waals surface area contributed by atoms with Gasteiger partial charge in [0.1, 0.15) is 0 Å². The minimum Gasteiger partial charge on any atom is -0.395 e. The maximum atomic E-state index is 12.1. The number of aliphatic hydroxyl groups is 1. The number of rotatable bonds is 6. The Balaban J connectivity index is 3.16. The summed E-state index contributed by atoms with van der Waals surface area (Å²) in [5.41, 5.74) is 0.134. The quantitative estimate of drug-likeness (QED) is 0.606. The standard InChI is InChI=1S/C12H18N2O5S/c1-8(2)11(7-15)13-20(18,19)10-5-4-9(3)12(6-10)14(16)17/h4-6,8,11,13,15H,7H2,1-3H3. The monoisotopic (exact) mass is 302 g/mol. The molecule has 0 spiro atoms. The van der Waals surface area contributed by atoms with Gasteiger partial charge < -0.3 is 5.11 Å². The first-order valence-electron chi connectivity index (χ1n) is 6.07. The van der Waals surface area contributed by atoms with Crippen LogP contribution in [0.5, 0.6) is 0 Å². The molecule has 0 aromatic heterocycles. The fraction of sp³-hybridized carbons (Fsp3) is 0.500. The van der Waals surface area contributed by atoms with Crippen molar-refractivity contribution in [2.45, 2.75) is 31.7 Å². The van der Waals surface area contributed by atoms with Gasteiger partial charge >= 0.3 is 0 Å². The highest BCUT2D eigenvalue weighted by molar-refractivity contribution is 7.89. The highest BCUT2D eigenvalue weighted by Crippen LogP contribution is 2.22. The summed E-state index contributed by atoms with van der Waals surface area (Å²) in [5, 5.41) is 20.0. The van der Waals surface area contributed by atoms with Gasteiger partial charge in [-0.25, -0.2) is 13.1 Å². The van der Waals surface area contributed by atoms with E-state index in [-0.39, 0.29) is 23.1 Å². The highest BCUT2D eigenvalue weighted by Gasteiger charge is 2.24. The molecule has 1 rings (SSSR count). The number of aliphatic hydroxyl groups excluding tert-OH is 1. The van der Waals surface area contributed by atoms with Crippen molar-refractivity contribution in [1.29, 1.82) is 0 Å². The number of hydrogen-bond acceptors (Lipinski definition) is 5. The fourth-order valence-electron chi connectivity index (χ4n) is 1.60. The minimum absolute atomic E-state index is 0.102. The van der Waals surface area contributed by atoms with Gasteiger partial charge in [0, 0.05) is 17.7 Å². The van der Waals surface area contributed by atoms with Crippen LogP contribution in [-0.2, 0) is 10.0 Å². The zero-order valence-electron chi connectivity index (χ0n) is 11.5. The topological polar surface area (TPSA) is 110 Å². The molecule has 0 aliphatic heterocycles. The van der Waals surface area contributed by atoms with Gasteiger partial charge in [0.2, 0.25) is 10.0 Å². The van der Waals surface area contributed by atoms with Gasteiger partial charge in [-0.05, 0) is 18.9 Å². The van der Waals surface area contributed by atoms with E-state index in [0.29, 0.717) is 5.56 Å². The lowest BCUT2D eigenvalue weighted by atomic mass is 10.1. The molecule has 0 saturated heterocycles. The van der Waals surface area contributed by atoms with Gasteiger partial charge in [-0.2, -0.15) is 0 Å². The zero-order chi connectivity index (χ0) is 15.5. The number of nitro groups is 1. The van der Waals surface area contributed by atoms with Crippen molar-refractivity contribution in [1.82, 2.24) is 4.72 Å². The molecule has 7 nitrogen and oxygen atoms in total. The predicted octanol–water partition coefficient (Wildman–Crippen LogP) is 1.20. The summed E-state index contributed by atoms with van der Waals surface area (Å²) >= 11 is 0. The number of nitro benzene ring substituents is 1. The van der Waals surface area contributed by atoms with Crippen molar-refractivity contribution in [3.63, 3.8) is 0 Å². The summed E-state index contributed by atoms with van der Waals surface area (Å²) in [6.45, 7) is 4.72. The third-order valence-electron chi connectivity index (χ3n) is 3.00.